The maximum Gasteiger partial charge on any atom is 0.142 e. The van der Waals surface area contributed by atoms with E-state index < -0.39 is 0 Å². The zero-order valence-corrected chi connectivity index (χ0v) is 19.4. The van der Waals surface area contributed by atoms with E-state index in [9.17, 15) is 5.11 Å². The van der Waals surface area contributed by atoms with Crippen molar-refractivity contribution in [3.63, 3.8) is 0 Å². The fraction of sp³-hybridized carbons (Fsp3) is 0.375. The number of aromatic nitrogens is 2. The lowest BCUT2D eigenvalue weighted by molar-refractivity contribution is 0.413. The average molecular weight is 426 g/mol. The number of nitrogens with one attached hydrogen (secondary N) is 2. The monoisotopic (exact) mass is 425 g/mol. The van der Waals surface area contributed by atoms with Crippen molar-refractivity contribution in [3.05, 3.63) is 46.1 Å². The number of ether oxygens (including phenoxy) is 1. The number of phenolic OH excluding ortho intramolecular Hbond substituents is 1. The van der Waals surface area contributed by atoms with Crippen LogP contribution < -0.4 is 9.64 Å². The van der Waals surface area contributed by atoms with Gasteiger partial charge in [-0.3, -0.25) is 10.2 Å². The minimum Gasteiger partial charge on any atom is -0.507 e. The van der Waals surface area contributed by atoms with Gasteiger partial charge < -0.3 is 14.7 Å². The van der Waals surface area contributed by atoms with Crippen LogP contribution in [0.2, 0.25) is 0 Å². The van der Waals surface area contributed by atoms with Crippen LogP contribution in [0, 0.1) is 11.6 Å². The van der Waals surface area contributed by atoms with Crippen molar-refractivity contribution in [1.29, 1.82) is 0 Å². The minimum atomic E-state index is 0.238. The van der Waals surface area contributed by atoms with Crippen molar-refractivity contribution in [1.82, 2.24) is 10.2 Å². The normalized spacial score (nSPS) is 11.2. The first-order chi connectivity index (χ1) is 14.3. The van der Waals surface area contributed by atoms with E-state index in [4.69, 9.17) is 17.0 Å². The number of H-pyrrole nitrogens is 2. The molecule has 1 aromatic heterocycles. The first-order valence-electron chi connectivity index (χ1n) is 10.4. The summed E-state index contributed by atoms with van der Waals surface area (Å²) in [5.41, 5.74) is 6.68. The Labute approximate surface area is 183 Å². The second kappa shape index (κ2) is 8.96. The van der Waals surface area contributed by atoms with Gasteiger partial charge in [-0.15, -0.1) is 0 Å². The van der Waals surface area contributed by atoms with Crippen LogP contribution in [0.4, 0.5) is 5.69 Å². The van der Waals surface area contributed by atoms with Gasteiger partial charge >= 0.3 is 0 Å². The van der Waals surface area contributed by atoms with E-state index in [1.165, 1.54) is 5.56 Å². The van der Waals surface area contributed by atoms with E-state index in [0.717, 1.165) is 52.4 Å². The molecule has 2 aromatic carbocycles. The molecule has 30 heavy (non-hydrogen) atoms. The molecule has 0 spiro atoms. The Morgan fingerprint density at radius 1 is 1.13 bits per heavy atom. The second-order valence-electron chi connectivity index (χ2n) is 7.74. The topological polar surface area (TPSA) is 64.3 Å². The van der Waals surface area contributed by atoms with Crippen LogP contribution >= 0.6 is 12.2 Å². The van der Waals surface area contributed by atoms with Crippen molar-refractivity contribution in [2.75, 3.05) is 18.6 Å². The molecule has 6 heteroatoms. The van der Waals surface area contributed by atoms with E-state index in [2.05, 4.69) is 48.9 Å². The summed E-state index contributed by atoms with van der Waals surface area (Å²) < 4.78 is 6.24. The van der Waals surface area contributed by atoms with Crippen molar-refractivity contribution >= 4 is 17.9 Å². The zero-order valence-electron chi connectivity index (χ0n) is 18.6. The SMILES string of the molecule is CCc1cc(-c2[nH][nH]c(=S)c2-c2ccc(OC)c(N(CC)C(C)C)c2)c(O)cc1C. The lowest BCUT2D eigenvalue weighted by Crippen LogP contribution is -2.30. The number of hydrogen-bond donors (Lipinski definition) is 3. The Kier molecular flexibility index (Phi) is 6.56. The predicted molar refractivity (Wildman–Crippen MR) is 127 cm³/mol. The number of aryl methyl sites for hydroxylation is 2. The molecule has 0 aliphatic heterocycles. The summed E-state index contributed by atoms with van der Waals surface area (Å²) in [7, 11) is 1.69. The third-order valence-electron chi connectivity index (χ3n) is 5.62. The van der Waals surface area contributed by atoms with E-state index in [-0.39, 0.29) is 5.75 Å². The first-order valence-corrected chi connectivity index (χ1v) is 10.8. The molecule has 5 nitrogen and oxygen atoms in total. The van der Waals surface area contributed by atoms with Gasteiger partial charge in [0.25, 0.3) is 0 Å². The van der Waals surface area contributed by atoms with E-state index in [1.54, 1.807) is 7.11 Å². The van der Waals surface area contributed by atoms with Crippen LogP contribution in [0.15, 0.2) is 30.3 Å². The van der Waals surface area contributed by atoms with Gasteiger partial charge in [-0.2, -0.15) is 0 Å². The van der Waals surface area contributed by atoms with Crippen molar-refractivity contribution < 1.29 is 9.84 Å². The molecule has 0 aliphatic carbocycles. The quantitative estimate of drug-likeness (QED) is 0.393. The van der Waals surface area contributed by atoms with Gasteiger partial charge in [-0.25, -0.2) is 0 Å². The minimum absolute atomic E-state index is 0.238. The van der Waals surface area contributed by atoms with Gasteiger partial charge in [0.05, 0.1) is 18.5 Å². The molecule has 0 bridgehead atoms. The summed E-state index contributed by atoms with van der Waals surface area (Å²) in [6, 6.07) is 10.3. The third kappa shape index (κ3) is 3.97. The molecule has 0 atom stereocenters. The largest absolute Gasteiger partial charge is 0.507 e. The maximum absolute atomic E-state index is 10.7. The van der Waals surface area contributed by atoms with E-state index in [0.29, 0.717) is 10.7 Å². The van der Waals surface area contributed by atoms with Crippen molar-refractivity contribution in [2.45, 2.75) is 47.1 Å². The van der Waals surface area contributed by atoms with Crippen LogP contribution in [-0.4, -0.2) is 35.0 Å². The van der Waals surface area contributed by atoms with Crippen LogP contribution in [0.5, 0.6) is 11.5 Å². The van der Waals surface area contributed by atoms with Crippen LogP contribution in [-0.2, 0) is 6.42 Å². The van der Waals surface area contributed by atoms with Gasteiger partial charge in [0.1, 0.15) is 16.1 Å². The lowest BCUT2D eigenvalue weighted by atomic mass is 9.96. The molecule has 3 N–H and O–H groups in total. The Balaban J connectivity index is 2.23. The molecule has 1 heterocycles. The fourth-order valence-electron chi connectivity index (χ4n) is 4.04. The summed E-state index contributed by atoms with van der Waals surface area (Å²) in [6.07, 6.45) is 0.895. The van der Waals surface area contributed by atoms with Crippen molar-refractivity contribution in [3.8, 4) is 33.9 Å². The van der Waals surface area contributed by atoms with Gasteiger partial charge in [0, 0.05) is 23.7 Å². The van der Waals surface area contributed by atoms with Crippen LogP contribution in [0.25, 0.3) is 22.4 Å². The van der Waals surface area contributed by atoms with Gasteiger partial charge in [-0.1, -0.05) is 25.2 Å². The summed E-state index contributed by atoms with van der Waals surface area (Å²) in [5.74, 6) is 1.06. The molecule has 3 aromatic rings. The fourth-order valence-corrected chi connectivity index (χ4v) is 4.31. The molecular formula is C24H31N3O2S. The number of methoxy groups -OCH3 is 1. The highest BCUT2D eigenvalue weighted by Crippen LogP contribution is 2.40. The Bertz CT molecular complexity index is 1100. The number of benzene rings is 2. The van der Waals surface area contributed by atoms with Gasteiger partial charge in [0.2, 0.25) is 0 Å². The molecule has 0 fully saturated rings. The molecule has 0 saturated carbocycles. The summed E-state index contributed by atoms with van der Waals surface area (Å²) in [4.78, 5) is 2.29. The molecular weight excluding hydrogens is 394 g/mol. The summed E-state index contributed by atoms with van der Waals surface area (Å²) in [6.45, 7) is 11.5. The first kappa shape index (κ1) is 22.0. The summed E-state index contributed by atoms with van der Waals surface area (Å²) in [5, 5.41) is 16.9. The van der Waals surface area contributed by atoms with E-state index in [1.807, 2.05) is 31.2 Å². The standard InChI is InChI=1S/C24H31N3O2S/c1-7-16-12-18(20(28)11-15(16)5)23-22(24(30)26-25-23)17-9-10-21(29-6)19(13-17)27(8-2)14(3)4/h9-14,28H,7-8H2,1-6H3,(H2,25,26,30). The Morgan fingerprint density at radius 3 is 2.47 bits per heavy atom. The second-order valence-corrected chi connectivity index (χ2v) is 8.15. The molecule has 0 radical (unpaired) electrons. The smallest absolute Gasteiger partial charge is 0.142 e. The predicted octanol–water partition coefficient (Wildman–Crippen LogP) is 6.23. The number of aromatic hydroxyl groups is 1. The summed E-state index contributed by atoms with van der Waals surface area (Å²) >= 11 is 5.62. The molecule has 0 saturated heterocycles. The number of nitrogens with zero attached hydrogens (tertiary/aromatic N) is 1. The lowest BCUT2D eigenvalue weighted by Gasteiger charge is -2.29. The number of rotatable bonds is 7. The molecule has 0 unspecified atom stereocenters. The Hall–Kier alpha value is -2.73. The number of anilines is 1. The molecule has 0 amide bonds. The molecule has 3 rings (SSSR count). The highest BCUT2D eigenvalue weighted by molar-refractivity contribution is 7.71. The highest BCUT2D eigenvalue weighted by atomic mass is 32.1. The third-order valence-corrected chi connectivity index (χ3v) is 5.93. The van der Waals surface area contributed by atoms with Crippen LogP contribution in [0.1, 0.15) is 38.8 Å². The molecule has 0 aliphatic rings. The zero-order chi connectivity index (χ0) is 22.0. The van der Waals surface area contributed by atoms with Crippen molar-refractivity contribution in [2.24, 2.45) is 0 Å². The molecule has 160 valence electrons. The number of phenols is 1. The van der Waals surface area contributed by atoms with Crippen LogP contribution in [0.3, 0.4) is 0 Å². The number of hydrogen-bond acceptors (Lipinski definition) is 4. The highest BCUT2D eigenvalue weighted by Gasteiger charge is 2.20. The maximum atomic E-state index is 10.7. The average Bonchev–Trinajstić information content (AvgIpc) is 3.09. The van der Waals surface area contributed by atoms with E-state index >= 15 is 0 Å². The van der Waals surface area contributed by atoms with Gasteiger partial charge in [-0.05, 0) is 75.1 Å². The van der Waals surface area contributed by atoms with Gasteiger partial charge in [0.15, 0.2) is 0 Å². The Morgan fingerprint density at radius 2 is 1.87 bits per heavy atom. The number of aromatic amines is 2.